The van der Waals surface area contributed by atoms with Crippen LogP contribution in [0.1, 0.15) is 31.8 Å². The molecule has 0 saturated carbocycles. The fraction of sp³-hybridized carbons (Fsp3) is 0.389. The molecular formula is C18H21N5O. The van der Waals surface area contributed by atoms with E-state index in [0.717, 1.165) is 37.0 Å². The molecule has 1 aromatic carbocycles. The Balaban J connectivity index is 1.54. The molecule has 2 aromatic heterocycles. The fourth-order valence-corrected chi connectivity index (χ4v) is 3.55. The quantitative estimate of drug-likeness (QED) is 0.744. The zero-order chi connectivity index (χ0) is 16.5. The van der Waals surface area contributed by atoms with Crippen molar-refractivity contribution in [1.82, 2.24) is 24.0 Å². The summed E-state index contributed by atoms with van der Waals surface area (Å²) < 4.78 is 4.08. The SMILES string of the molecule is C[C@@H](C(=O)N1CCC[C@@H](n2ccnc2)C1)n1cnc2ccccc21. The van der Waals surface area contributed by atoms with E-state index in [9.17, 15) is 4.79 Å². The summed E-state index contributed by atoms with van der Waals surface area (Å²) in [6.07, 6.45) is 9.48. The number of rotatable bonds is 3. The Morgan fingerprint density at radius 1 is 1.29 bits per heavy atom. The van der Waals surface area contributed by atoms with Gasteiger partial charge in [0.25, 0.3) is 0 Å². The maximum absolute atomic E-state index is 13.0. The number of fused-ring (bicyclic) bond motifs is 1. The molecule has 1 amide bonds. The average Bonchev–Trinajstić information content (AvgIpc) is 3.30. The van der Waals surface area contributed by atoms with Gasteiger partial charge in [0.2, 0.25) is 5.91 Å². The number of hydrogen-bond donors (Lipinski definition) is 0. The van der Waals surface area contributed by atoms with Gasteiger partial charge in [-0.05, 0) is 31.9 Å². The number of piperidine rings is 1. The molecule has 6 heteroatoms. The number of para-hydroxylation sites is 2. The van der Waals surface area contributed by atoms with Gasteiger partial charge in [0.1, 0.15) is 6.04 Å². The molecule has 124 valence electrons. The lowest BCUT2D eigenvalue weighted by molar-refractivity contribution is -0.135. The Kier molecular flexibility index (Phi) is 3.80. The number of carbonyl (C=O) groups excluding carboxylic acids is 1. The van der Waals surface area contributed by atoms with Crippen molar-refractivity contribution in [2.24, 2.45) is 0 Å². The van der Waals surface area contributed by atoms with Crippen LogP contribution in [0.5, 0.6) is 0 Å². The molecule has 1 aliphatic heterocycles. The highest BCUT2D eigenvalue weighted by atomic mass is 16.2. The van der Waals surface area contributed by atoms with Gasteiger partial charge in [0.05, 0.1) is 29.7 Å². The summed E-state index contributed by atoms with van der Waals surface area (Å²) in [6, 6.07) is 7.99. The number of amides is 1. The zero-order valence-electron chi connectivity index (χ0n) is 13.7. The molecule has 0 unspecified atom stereocenters. The van der Waals surface area contributed by atoms with E-state index in [1.54, 1.807) is 12.5 Å². The van der Waals surface area contributed by atoms with Gasteiger partial charge < -0.3 is 14.0 Å². The van der Waals surface area contributed by atoms with E-state index in [-0.39, 0.29) is 11.9 Å². The molecule has 0 radical (unpaired) electrons. The van der Waals surface area contributed by atoms with Gasteiger partial charge >= 0.3 is 0 Å². The van der Waals surface area contributed by atoms with Gasteiger partial charge in [-0.3, -0.25) is 4.79 Å². The van der Waals surface area contributed by atoms with Crippen LogP contribution in [-0.2, 0) is 4.79 Å². The Morgan fingerprint density at radius 2 is 2.17 bits per heavy atom. The summed E-state index contributed by atoms with van der Waals surface area (Å²) in [6.45, 7) is 3.52. The second kappa shape index (κ2) is 6.11. The number of benzene rings is 1. The van der Waals surface area contributed by atoms with Crippen LogP contribution in [0.2, 0.25) is 0 Å². The lowest BCUT2D eigenvalue weighted by Crippen LogP contribution is -2.43. The monoisotopic (exact) mass is 323 g/mol. The Morgan fingerprint density at radius 3 is 3.00 bits per heavy atom. The third-order valence-corrected chi connectivity index (χ3v) is 4.91. The lowest BCUT2D eigenvalue weighted by atomic mass is 10.0. The van der Waals surface area contributed by atoms with Crippen LogP contribution >= 0.6 is 0 Å². The smallest absolute Gasteiger partial charge is 0.245 e. The zero-order valence-corrected chi connectivity index (χ0v) is 13.7. The maximum atomic E-state index is 13.0. The van der Waals surface area contributed by atoms with Crippen LogP contribution in [-0.4, -0.2) is 43.0 Å². The molecule has 0 bridgehead atoms. The first-order chi connectivity index (χ1) is 11.7. The van der Waals surface area contributed by atoms with E-state index in [1.165, 1.54) is 0 Å². The van der Waals surface area contributed by atoms with Crippen molar-refractivity contribution in [2.45, 2.75) is 31.8 Å². The van der Waals surface area contributed by atoms with Gasteiger partial charge in [0.15, 0.2) is 0 Å². The van der Waals surface area contributed by atoms with Crippen LogP contribution in [0.25, 0.3) is 11.0 Å². The van der Waals surface area contributed by atoms with Crippen LogP contribution in [0.15, 0.2) is 49.3 Å². The highest BCUT2D eigenvalue weighted by Crippen LogP contribution is 2.25. The summed E-state index contributed by atoms with van der Waals surface area (Å²) in [7, 11) is 0. The van der Waals surface area contributed by atoms with Gasteiger partial charge in [-0.15, -0.1) is 0 Å². The third kappa shape index (κ3) is 2.58. The normalized spacial score (nSPS) is 19.5. The second-order valence-corrected chi connectivity index (χ2v) is 6.41. The first kappa shape index (κ1) is 14.9. The van der Waals surface area contributed by atoms with Crippen LogP contribution < -0.4 is 0 Å². The molecule has 24 heavy (non-hydrogen) atoms. The first-order valence-electron chi connectivity index (χ1n) is 8.42. The van der Waals surface area contributed by atoms with Gasteiger partial charge in [-0.1, -0.05) is 12.1 Å². The van der Waals surface area contributed by atoms with E-state index >= 15 is 0 Å². The van der Waals surface area contributed by atoms with Gasteiger partial charge in [-0.2, -0.15) is 0 Å². The molecule has 0 aliphatic carbocycles. The van der Waals surface area contributed by atoms with Crippen LogP contribution in [0, 0.1) is 0 Å². The van der Waals surface area contributed by atoms with Crippen molar-refractivity contribution < 1.29 is 4.79 Å². The van der Waals surface area contributed by atoms with Gasteiger partial charge in [-0.25, -0.2) is 9.97 Å². The summed E-state index contributed by atoms with van der Waals surface area (Å²) in [5.74, 6) is 0.156. The van der Waals surface area contributed by atoms with Crippen LogP contribution in [0.4, 0.5) is 0 Å². The predicted molar refractivity (Wildman–Crippen MR) is 91.5 cm³/mol. The lowest BCUT2D eigenvalue weighted by Gasteiger charge is -2.35. The minimum Gasteiger partial charge on any atom is -0.339 e. The van der Waals surface area contributed by atoms with Crippen molar-refractivity contribution in [3.63, 3.8) is 0 Å². The standard InChI is InChI=1S/C18H21N5O/c1-14(23-13-20-16-6-2-3-7-17(16)23)18(24)21-9-4-5-15(11-21)22-10-8-19-12-22/h2-3,6-8,10,12-15H,4-5,9,11H2,1H3/t14-,15+/m0/s1. The first-order valence-corrected chi connectivity index (χ1v) is 8.42. The van der Waals surface area contributed by atoms with E-state index in [0.29, 0.717) is 6.04 Å². The number of carbonyl (C=O) groups is 1. The molecule has 3 heterocycles. The summed E-state index contributed by atoms with van der Waals surface area (Å²) >= 11 is 0. The number of imidazole rings is 2. The minimum absolute atomic E-state index is 0.156. The molecule has 2 atom stereocenters. The van der Waals surface area contributed by atoms with E-state index in [1.807, 2.05) is 53.2 Å². The molecule has 0 N–H and O–H groups in total. The summed E-state index contributed by atoms with van der Waals surface area (Å²) in [5.41, 5.74) is 1.92. The van der Waals surface area contributed by atoms with Crippen molar-refractivity contribution in [3.8, 4) is 0 Å². The molecule has 3 aromatic rings. The minimum atomic E-state index is -0.251. The van der Waals surface area contributed by atoms with Gasteiger partial charge in [0, 0.05) is 25.5 Å². The summed E-state index contributed by atoms with van der Waals surface area (Å²) in [5, 5.41) is 0. The van der Waals surface area contributed by atoms with Crippen molar-refractivity contribution in [1.29, 1.82) is 0 Å². The Labute approximate surface area is 140 Å². The molecular weight excluding hydrogens is 302 g/mol. The highest BCUT2D eigenvalue weighted by molar-refractivity contribution is 5.83. The average molecular weight is 323 g/mol. The number of aromatic nitrogens is 4. The summed E-state index contributed by atoms with van der Waals surface area (Å²) in [4.78, 5) is 23.5. The molecule has 1 saturated heterocycles. The van der Waals surface area contributed by atoms with Crippen LogP contribution in [0.3, 0.4) is 0 Å². The van der Waals surface area contributed by atoms with E-state index in [4.69, 9.17) is 0 Å². The maximum Gasteiger partial charge on any atom is 0.245 e. The van der Waals surface area contributed by atoms with E-state index < -0.39 is 0 Å². The Bertz CT molecular complexity index is 838. The number of likely N-dealkylation sites (tertiary alicyclic amines) is 1. The molecule has 1 aliphatic rings. The largest absolute Gasteiger partial charge is 0.339 e. The predicted octanol–water partition coefficient (Wildman–Crippen LogP) is 2.66. The van der Waals surface area contributed by atoms with Crippen molar-refractivity contribution in [2.75, 3.05) is 13.1 Å². The van der Waals surface area contributed by atoms with Crippen molar-refractivity contribution >= 4 is 16.9 Å². The number of nitrogens with zero attached hydrogens (tertiary/aromatic N) is 5. The molecule has 4 rings (SSSR count). The topological polar surface area (TPSA) is 56.0 Å². The fourth-order valence-electron chi connectivity index (χ4n) is 3.55. The molecule has 6 nitrogen and oxygen atoms in total. The molecule has 1 fully saturated rings. The number of hydrogen-bond acceptors (Lipinski definition) is 3. The van der Waals surface area contributed by atoms with Crippen molar-refractivity contribution in [3.05, 3.63) is 49.3 Å². The highest BCUT2D eigenvalue weighted by Gasteiger charge is 2.28. The van der Waals surface area contributed by atoms with E-state index in [2.05, 4.69) is 14.5 Å². The second-order valence-electron chi connectivity index (χ2n) is 6.41. The Hall–Kier alpha value is -2.63. The third-order valence-electron chi connectivity index (χ3n) is 4.91. The molecule has 0 spiro atoms.